The number of nitrogens with one attached hydrogen (secondary N) is 1. The number of pyridine rings is 1. The molecule has 1 amide bonds. The van der Waals surface area contributed by atoms with Gasteiger partial charge in [-0.1, -0.05) is 30.0 Å². The molecule has 0 saturated heterocycles. The molecule has 1 unspecified atom stereocenters. The van der Waals surface area contributed by atoms with Crippen molar-refractivity contribution in [3.8, 4) is 17.6 Å². The second-order valence-electron chi connectivity index (χ2n) is 5.68. The van der Waals surface area contributed by atoms with Crippen molar-refractivity contribution in [3.63, 3.8) is 0 Å². The Bertz CT molecular complexity index is 953. The summed E-state index contributed by atoms with van der Waals surface area (Å²) in [5.41, 5.74) is 1.21. The largest absolute Gasteiger partial charge is 0.457 e. The first-order valence-electron chi connectivity index (χ1n) is 8.31. The Morgan fingerprint density at radius 2 is 1.81 bits per heavy atom. The van der Waals surface area contributed by atoms with Crippen LogP contribution in [0.1, 0.15) is 12.5 Å². The van der Waals surface area contributed by atoms with Crippen LogP contribution in [0, 0.1) is 11.3 Å². The van der Waals surface area contributed by atoms with Gasteiger partial charge in [-0.25, -0.2) is 4.98 Å². The zero-order valence-electron chi connectivity index (χ0n) is 14.6. The highest BCUT2D eigenvalue weighted by molar-refractivity contribution is 8.00. The number of carbonyl (C=O) groups excluding carboxylic acids is 1. The molecule has 0 bridgehead atoms. The van der Waals surface area contributed by atoms with Gasteiger partial charge in [0.2, 0.25) is 5.91 Å². The van der Waals surface area contributed by atoms with Gasteiger partial charge in [-0.2, -0.15) is 5.26 Å². The lowest BCUT2D eigenvalue weighted by Gasteiger charge is -2.12. The van der Waals surface area contributed by atoms with Crippen LogP contribution < -0.4 is 10.1 Å². The molecule has 1 atom stereocenters. The third-order valence-corrected chi connectivity index (χ3v) is 4.66. The number of ether oxygens (including phenoxy) is 1. The Morgan fingerprint density at radius 3 is 2.52 bits per heavy atom. The maximum atomic E-state index is 12.4. The van der Waals surface area contributed by atoms with Gasteiger partial charge in [0.1, 0.15) is 11.5 Å². The van der Waals surface area contributed by atoms with Crippen LogP contribution in [0.2, 0.25) is 0 Å². The zero-order chi connectivity index (χ0) is 19.1. The number of nitriles is 1. The second-order valence-corrected chi connectivity index (χ2v) is 7.04. The number of thioether (sulfide) groups is 1. The molecule has 0 saturated carbocycles. The Labute approximate surface area is 162 Å². The molecule has 3 rings (SSSR count). The van der Waals surface area contributed by atoms with Gasteiger partial charge in [-0.15, -0.1) is 0 Å². The monoisotopic (exact) mass is 375 g/mol. The number of benzene rings is 2. The lowest BCUT2D eigenvalue weighted by Crippen LogP contribution is -2.22. The quantitative estimate of drug-likeness (QED) is 0.623. The second kappa shape index (κ2) is 8.88. The van der Waals surface area contributed by atoms with Crippen molar-refractivity contribution >= 4 is 23.4 Å². The molecule has 2 aromatic carbocycles. The molecule has 27 heavy (non-hydrogen) atoms. The van der Waals surface area contributed by atoms with E-state index in [1.54, 1.807) is 49.5 Å². The molecule has 0 fully saturated rings. The van der Waals surface area contributed by atoms with E-state index in [2.05, 4.69) is 16.4 Å². The third kappa shape index (κ3) is 5.33. The molecule has 0 aliphatic heterocycles. The average Bonchev–Trinajstić information content (AvgIpc) is 2.70. The van der Waals surface area contributed by atoms with Gasteiger partial charge in [0.15, 0.2) is 0 Å². The fourth-order valence-corrected chi connectivity index (χ4v) is 3.10. The first kappa shape index (κ1) is 18.5. The zero-order valence-corrected chi connectivity index (χ0v) is 15.4. The van der Waals surface area contributed by atoms with E-state index in [1.807, 2.05) is 30.3 Å². The Morgan fingerprint density at radius 1 is 1.11 bits per heavy atom. The molecule has 0 radical (unpaired) electrons. The van der Waals surface area contributed by atoms with E-state index in [4.69, 9.17) is 10.00 Å². The van der Waals surface area contributed by atoms with E-state index >= 15 is 0 Å². The summed E-state index contributed by atoms with van der Waals surface area (Å²) < 4.78 is 5.74. The number of hydrogen-bond donors (Lipinski definition) is 1. The van der Waals surface area contributed by atoms with Crippen molar-refractivity contribution < 1.29 is 9.53 Å². The molecule has 0 spiro atoms. The van der Waals surface area contributed by atoms with Gasteiger partial charge in [-0.3, -0.25) is 4.79 Å². The Hall–Kier alpha value is -3.30. The highest BCUT2D eigenvalue weighted by atomic mass is 32.2. The van der Waals surface area contributed by atoms with Crippen molar-refractivity contribution in [3.05, 3.63) is 78.5 Å². The smallest absolute Gasteiger partial charge is 0.237 e. The summed E-state index contributed by atoms with van der Waals surface area (Å²) in [6, 6.07) is 22.1. The van der Waals surface area contributed by atoms with Crippen LogP contribution >= 0.6 is 11.8 Å². The standard InChI is InChI=1S/C21H17N3O2S/c1-15(27-20-13-16(14-22)11-12-23-20)21(25)24-17-7-9-19(10-8-17)26-18-5-3-2-4-6-18/h2-13,15H,1H3,(H,24,25). The minimum absolute atomic E-state index is 0.138. The predicted molar refractivity (Wildman–Crippen MR) is 106 cm³/mol. The molecular formula is C21H17N3O2S. The lowest BCUT2D eigenvalue weighted by atomic mass is 10.3. The van der Waals surface area contributed by atoms with Gasteiger partial charge in [0.25, 0.3) is 0 Å². The molecule has 1 aromatic heterocycles. The lowest BCUT2D eigenvalue weighted by molar-refractivity contribution is -0.115. The van der Waals surface area contributed by atoms with Crippen LogP contribution in [0.15, 0.2) is 78.0 Å². The molecule has 0 aliphatic rings. The van der Waals surface area contributed by atoms with Crippen molar-refractivity contribution in [1.29, 1.82) is 5.26 Å². The minimum Gasteiger partial charge on any atom is -0.457 e. The first-order chi connectivity index (χ1) is 13.1. The maximum absolute atomic E-state index is 12.4. The number of amides is 1. The summed E-state index contributed by atoms with van der Waals surface area (Å²) in [5, 5.41) is 12.1. The Balaban J connectivity index is 1.57. The molecule has 1 heterocycles. The van der Waals surface area contributed by atoms with Crippen LogP contribution in [0.4, 0.5) is 5.69 Å². The fourth-order valence-electron chi connectivity index (χ4n) is 2.25. The van der Waals surface area contributed by atoms with Gasteiger partial charge in [0, 0.05) is 11.9 Å². The number of carbonyl (C=O) groups is 1. The van der Waals surface area contributed by atoms with Crippen LogP contribution in [-0.4, -0.2) is 16.1 Å². The van der Waals surface area contributed by atoms with Gasteiger partial charge in [-0.05, 0) is 55.5 Å². The molecule has 5 nitrogen and oxygen atoms in total. The Kier molecular flexibility index (Phi) is 6.08. The summed E-state index contributed by atoms with van der Waals surface area (Å²) in [6.45, 7) is 1.80. The van der Waals surface area contributed by atoms with Crippen molar-refractivity contribution in [2.45, 2.75) is 17.2 Å². The number of rotatable bonds is 6. The van der Waals surface area contributed by atoms with Crippen molar-refractivity contribution in [2.24, 2.45) is 0 Å². The number of aromatic nitrogens is 1. The molecule has 1 N–H and O–H groups in total. The van der Waals surface area contributed by atoms with Crippen LogP contribution in [0.5, 0.6) is 11.5 Å². The summed E-state index contributed by atoms with van der Waals surface area (Å²) in [4.78, 5) is 16.6. The van der Waals surface area contributed by atoms with Gasteiger partial charge < -0.3 is 10.1 Å². The minimum atomic E-state index is -0.355. The molecule has 0 aliphatic carbocycles. The van der Waals surface area contributed by atoms with Gasteiger partial charge >= 0.3 is 0 Å². The summed E-state index contributed by atoms with van der Waals surface area (Å²) >= 11 is 1.31. The van der Waals surface area contributed by atoms with Crippen molar-refractivity contribution in [2.75, 3.05) is 5.32 Å². The molecule has 134 valence electrons. The van der Waals surface area contributed by atoms with E-state index in [0.717, 1.165) is 5.75 Å². The van der Waals surface area contributed by atoms with E-state index in [1.165, 1.54) is 11.8 Å². The first-order valence-corrected chi connectivity index (χ1v) is 9.18. The summed E-state index contributed by atoms with van der Waals surface area (Å²) in [5.74, 6) is 1.31. The van der Waals surface area contributed by atoms with Crippen molar-refractivity contribution in [1.82, 2.24) is 4.98 Å². The van der Waals surface area contributed by atoms with E-state index in [0.29, 0.717) is 22.0 Å². The average molecular weight is 375 g/mol. The molecule has 6 heteroatoms. The van der Waals surface area contributed by atoms with E-state index in [9.17, 15) is 4.79 Å². The van der Waals surface area contributed by atoms with Crippen LogP contribution in [-0.2, 0) is 4.79 Å². The number of hydrogen-bond acceptors (Lipinski definition) is 5. The number of para-hydroxylation sites is 1. The van der Waals surface area contributed by atoms with Crippen LogP contribution in [0.25, 0.3) is 0 Å². The predicted octanol–water partition coefficient (Wildman–Crippen LogP) is 4.86. The normalized spacial score (nSPS) is 11.3. The highest BCUT2D eigenvalue weighted by Gasteiger charge is 2.15. The SMILES string of the molecule is CC(Sc1cc(C#N)ccn1)C(=O)Nc1ccc(Oc2ccccc2)cc1. The molecule has 3 aromatic rings. The van der Waals surface area contributed by atoms with E-state index < -0.39 is 0 Å². The highest BCUT2D eigenvalue weighted by Crippen LogP contribution is 2.25. The van der Waals surface area contributed by atoms with Gasteiger partial charge in [0.05, 0.1) is 21.9 Å². The topological polar surface area (TPSA) is 75.0 Å². The number of anilines is 1. The molecular weight excluding hydrogens is 358 g/mol. The maximum Gasteiger partial charge on any atom is 0.237 e. The van der Waals surface area contributed by atoms with Crippen LogP contribution in [0.3, 0.4) is 0 Å². The van der Waals surface area contributed by atoms with E-state index in [-0.39, 0.29) is 11.2 Å². The fraction of sp³-hybridized carbons (Fsp3) is 0.0952. The number of nitrogens with zero attached hydrogens (tertiary/aromatic N) is 2. The third-order valence-electron chi connectivity index (χ3n) is 3.63. The summed E-state index contributed by atoms with van der Waals surface area (Å²) in [7, 11) is 0. The summed E-state index contributed by atoms with van der Waals surface area (Å²) in [6.07, 6.45) is 1.57.